The lowest BCUT2D eigenvalue weighted by Crippen LogP contribution is -2.50. The summed E-state index contributed by atoms with van der Waals surface area (Å²) in [7, 11) is 0. The zero-order valence-corrected chi connectivity index (χ0v) is 22.8. The normalized spacial score (nSPS) is 40.8. The van der Waals surface area contributed by atoms with Crippen molar-refractivity contribution in [3.8, 4) is 0 Å². The molecule has 2 N–H and O–H groups in total. The molecule has 0 saturated heterocycles. The second-order valence-corrected chi connectivity index (χ2v) is 13.4. The summed E-state index contributed by atoms with van der Waals surface area (Å²) in [6, 6.07) is 0. The zero-order valence-electron chi connectivity index (χ0n) is 22.8. The summed E-state index contributed by atoms with van der Waals surface area (Å²) < 4.78 is 0. The van der Waals surface area contributed by atoms with Crippen LogP contribution in [0, 0.1) is 46.3 Å². The van der Waals surface area contributed by atoms with Crippen molar-refractivity contribution in [3.63, 3.8) is 0 Å². The van der Waals surface area contributed by atoms with E-state index >= 15 is 0 Å². The third-order valence-electron chi connectivity index (χ3n) is 10.9. The van der Waals surface area contributed by atoms with Crippen LogP contribution in [0.15, 0.2) is 23.8 Å². The fourth-order valence-electron chi connectivity index (χ4n) is 9.02. The Kier molecular flexibility index (Phi) is 8.01. The standard InChI is InChI=1S/C27H46O.C4H3NO2/c1-18(2)7-6-8-19(3)23-11-12-24-22-10-9-20-17-21(28)13-15-26(20,4)25(22)14-16-27(23,24)5;6-3-1-2-4(7)5-3/h9,18-19,21-25,28H,6-8,10-17H2,1-5H3;1-2H,(H,5,6,7)/t19?,21-,22-,23+,24-,25-,26-,27+;/m0./s1. The van der Waals surface area contributed by atoms with Crippen molar-refractivity contribution in [3.05, 3.63) is 23.8 Å². The fraction of sp³-hybridized carbons (Fsp3) is 0.806. The van der Waals surface area contributed by atoms with Crippen LogP contribution < -0.4 is 5.32 Å². The van der Waals surface area contributed by atoms with Gasteiger partial charge in [0, 0.05) is 12.2 Å². The van der Waals surface area contributed by atoms with Gasteiger partial charge in [0.1, 0.15) is 0 Å². The van der Waals surface area contributed by atoms with Crippen LogP contribution in [0.1, 0.15) is 105 Å². The molecule has 4 nitrogen and oxygen atoms in total. The van der Waals surface area contributed by atoms with E-state index < -0.39 is 0 Å². The highest BCUT2D eigenvalue weighted by Gasteiger charge is 2.59. The Balaban J connectivity index is 0.000000356. The van der Waals surface area contributed by atoms with Crippen LogP contribution in [0.25, 0.3) is 0 Å². The molecule has 35 heavy (non-hydrogen) atoms. The van der Waals surface area contributed by atoms with Crippen LogP contribution in [0.3, 0.4) is 0 Å². The number of nitrogens with one attached hydrogen (secondary N) is 1. The Hall–Kier alpha value is -1.42. The van der Waals surface area contributed by atoms with Crippen molar-refractivity contribution in [2.24, 2.45) is 46.3 Å². The smallest absolute Gasteiger partial charge is 0.250 e. The zero-order chi connectivity index (χ0) is 25.4. The second kappa shape index (κ2) is 10.5. The lowest BCUT2D eigenvalue weighted by atomic mass is 9.47. The van der Waals surface area contributed by atoms with Gasteiger partial charge >= 0.3 is 0 Å². The Bertz CT molecular complexity index is 843. The number of imide groups is 1. The second-order valence-electron chi connectivity index (χ2n) is 13.4. The number of amides is 2. The molecule has 0 bridgehead atoms. The van der Waals surface area contributed by atoms with Crippen molar-refractivity contribution in [1.29, 1.82) is 0 Å². The maximum absolute atomic E-state index is 10.2. The summed E-state index contributed by atoms with van der Waals surface area (Å²) >= 11 is 0. The van der Waals surface area contributed by atoms with Crippen molar-refractivity contribution in [2.75, 3.05) is 0 Å². The molecule has 1 heterocycles. The number of carbonyl (C=O) groups is 2. The summed E-state index contributed by atoms with van der Waals surface area (Å²) in [5.41, 5.74) is 2.60. The first kappa shape index (κ1) is 26.6. The van der Waals surface area contributed by atoms with E-state index in [1.807, 2.05) is 5.32 Å². The van der Waals surface area contributed by atoms with Gasteiger partial charge in [-0.05, 0) is 97.7 Å². The van der Waals surface area contributed by atoms with Gasteiger partial charge in [0.15, 0.2) is 0 Å². The maximum Gasteiger partial charge on any atom is 0.250 e. The molecule has 3 fully saturated rings. The first-order chi connectivity index (χ1) is 16.5. The highest BCUT2D eigenvalue weighted by Crippen LogP contribution is 2.67. The SMILES string of the molecule is CC(C)CCCC(C)[C@H]1CC[C@H]2[C@@H]3CC=C4C[C@@H](O)CC[C@]4(C)[C@H]3CC[C@]12C.O=C1C=CC(=O)N1. The number of hydrogen-bond acceptors (Lipinski definition) is 3. The summed E-state index contributed by atoms with van der Waals surface area (Å²) in [4.78, 5) is 20.1. The Morgan fingerprint density at radius 3 is 2.31 bits per heavy atom. The van der Waals surface area contributed by atoms with Crippen LogP contribution in [-0.2, 0) is 9.59 Å². The first-order valence-electron chi connectivity index (χ1n) is 14.4. The monoisotopic (exact) mass is 483 g/mol. The number of aliphatic hydroxyl groups is 1. The lowest BCUT2D eigenvalue weighted by molar-refractivity contribution is -0.123. The van der Waals surface area contributed by atoms with Gasteiger partial charge < -0.3 is 5.11 Å². The van der Waals surface area contributed by atoms with E-state index in [2.05, 4.69) is 40.7 Å². The summed E-state index contributed by atoms with van der Waals surface area (Å²) in [6.07, 6.45) is 19.6. The van der Waals surface area contributed by atoms with Crippen molar-refractivity contribution >= 4 is 11.8 Å². The summed E-state index contributed by atoms with van der Waals surface area (Å²) in [6.45, 7) is 12.6. The summed E-state index contributed by atoms with van der Waals surface area (Å²) in [5, 5.41) is 12.2. The molecule has 8 atom stereocenters. The van der Waals surface area contributed by atoms with E-state index in [-0.39, 0.29) is 17.9 Å². The van der Waals surface area contributed by atoms with E-state index in [1.165, 1.54) is 69.9 Å². The molecule has 0 aromatic heterocycles. The van der Waals surface area contributed by atoms with Gasteiger partial charge in [-0.1, -0.05) is 65.5 Å². The van der Waals surface area contributed by atoms with Gasteiger partial charge in [-0.3, -0.25) is 14.9 Å². The number of fused-ring (bicyclic) bond motifs is 5. The van der Waals surface area contributed by atoms with Gasteiger partial charge in [0.05, 0.1) is 6.10 Å². The van der Waals surface area contributed by atoms with Gasteiger partial charge in [-0.25, -0.2) is 0 Å². The van der Waals surface area contributed by atoms with Crippen molar-refractivity contribution in [1.82, 2.24) is 5.32 Å². The quantitative estimate of drug-likeness (QED) is 0.342. The van der Waals surface area contributed by atoms with Gasteiger partial charge in [0.25, 0.3) is 11.8 Å². The van der Waals surface area contributed by atoms with Gasteiger partial charge in [-0.2, -0.15) is 0 Å². The molecule has 1 unspecified atom stereocenters. The first-order valence-corrected chi connectivity index (χ1v) is 14.4. The third kappa shape index (κ3) is 5.33. The van der Waals surface area contributed by atoms with Crippen LogP contribution in [0.5, 0.6) is 0 Å². The van der Waals surface area contributed by atoms with E-state index in [4.69, 9.17) is 0 Å². The Labute approximate surface area is 213 Å². The van der Waals surface area contributed by atoms with Gasteiger partial charge in [0.2, 0.25) is 0 Å². The lowest BCUT2D eigenvalue weighted by Gasteiger charge is -2.58. The molecule has 3 saturated carbocycles. The number of allylic oxidation sites excluding steroid dienone is 1. The van der Waals surface area contributed by atoms with Crippen molar-refractivity contribution in [2.45, 2.75) is 111 Å². The molecular weight excluding hydrogens is 434 g/mol. The van der Waals surface area contributed by atoms with E-state index in [1.54, 1.807) is 5.57 Å². The molecule has 196 valence electrons. The Morgan fingerprint density at radius 1 is 0.971 bits per heavy atom. The molecule has 2 amide bonds. The molecule has 4 aliphatic carbocycles. The minimum atomic E-state index is -0.329. The average molecular weight is 484 g/mol. The predicted octanol–water partition coefficient (Wildman–Crippen LogP) is 6.59. The molecule has 0 aromatic carbocycles. The molecule has 0 radical (unpaired) electrons. The minimum Gasteiger partial charge on any atom is -0.393 e. The van der Waals surface area contributed by atoms with Gasteiger partial charge in [-0.15, -0.1) is 0 Å². The largest absolute Gasteiger partial charge is 0.393 e. The van der Waals surface area contributed by atoms with E-state index in [0.29, 0.717) is 10.8 Å². The number of rotatable bonds is 5. The van der Waals surface area contributed by atoms with Crippen LogP contribution >= 0.6 is 0 Å². The molecule has 4 heteroatoms. The van der Waals surface area contributed by atoms with E-state index in [9.17, 15) is 14.7 Å². The van der Waals surface area contributed by atoms with Crippen molar-refractivity contribution < 1.29 is 14.7 Å². The number of hydrogen-bond donors (Lipinski definition) is 2. The fourth-order valence-corrected chi connectivity index (χ4v) is 9.02. The highest BCUT2D eigenvalue weighted by atomic mass is 16.3. The summed E-state index contributed by atoms with van der Waals surface area (Å²) in [5.74, 6) is 4.80. The highest BCUT2D eigenvalue weighted by molar-refractivity contribution is 6.12. The molecule has 1 aliphatic heterocycles. The van der Waals surface area contributed by atoms with Crippen LogP contribution in [0.2, 0.25) is 0 Å². The van der Waals surface area contributed by atoms with E-state index in [0.717, 1.165) is 48.3 Å². The maximum atomic E-state index is 10.2. The number of carbonyl (C=O) groups excluding carboxylic acids is 2. The van der Waals surface area contributed by atoms with Crippen LogP contribution in [-0.4, -0.2) is 23.0 Å². The average Bonchev–Trinajstić information content (AvgIpc) is 3.35. The molecule has 0 aromatic rings. The molecular formula is C31H49NO3. The van der Waals surface area contributed by atoms with Crippen LogP contribution in [0.4, 0.5) is 0 Å². The Morgan fingerprint density at radius 2 is 1.69 bits per heavy atom. The third-order valence-corrected chi connectivity index (χ3v) is 10.9. The molecule has 0 spiro atoms. The molecule has 5 aliphatic rings. The topological polar surface area (TPSA) is 66.4 Å². The molecule has 5 rings (SSSR count). The predicted molar refractivity (Wildman–Crippen MR) is 141 cm³/mol. The minimum absolute atomic E-state index is 0.0766. The number of aliphatic hydroxyl groups excluding tert-OH is 1.